The number of sulfonamides is 1. The summed E-state index contributed by atoms with van der Waals surface area (Å²) in [5.41, 5.74) is 0.941. The number of aryl methyl sites for hydroxylation is 1. The molecule has 0 amide bonds. The van der Waals surface area contributed by atoms with Crippen LogP contribution in [0, 0.1) is 12.3 Å². The molecule has 20 heavy (non-hydrogen) atoms. The standard InChI is InChI=1S/C13H26N4O2S/c1-7-14-8-11-12(9(2)15-16-11)20(18,19)17-10(3)13(4,5)6/h10,14,17H,7-8H2,1-6H3,(H,15,16). The van der Waals surface area contributed by atoms with Crippen LogP contribution in [0.15, 0.2) is 4.90 Å². The van der Waals surface area contributed by atoms with Crippen molar-refractivity contribution < 1.29 is 8.42 Å². The van der Waals surface area contributed by atoms with E-state index in [1.807, 2.05) is 34.6 Å². The fourth-order valence-electron chi connectivity index (χ4n) is 1.66. The SMILES string of the molecule is CCNCc1n[nH]c(C)c1S(=O)(=O)NC(C)C(C)(C)C. The van der Waals surface area contributed by atoms with Gasteiger partial charge in [0.05, 0.1) is 11.4 Å². The monoisotopic (exact) mass is 302 g/mol. The van der Waals surface area contributed by atoms with Crippen molar-refractivity contribution in [3.8, 4) is 0 Å². The van der Waals surface area contributed by atoms with Gasteiger partial charge >= 0.3 is 0 Å². The van der Waals surface area contributed by atoms with Crippen LogP contribution in [0.3, 0.4) is 0 Å². The molecular formula is C13H26N4O2S. The van der Waals surface area contributed by atoms with Crippen molar-refractivity contribution in [1.29, 1.82) is 0 Å². The van der Waals surface area contributed by atoms with Crippen LogP contribution in [0.4, 0.5) is 0 Å². The third-order valence-electron chi connectivity index (χ3n) is 3.40. The molecule has 0 radical (unpaired) electrons. The van der Waals surface area contributed by atoms with Gasteiger partial charge in [0, 0.05) is 12.6 Å². The molecule has 0 aliphatic carbocycles. The van der Waals surface area contributed by atoms with Crippen LogP contribution in [-0.4, -0.2) is 31.2 Å². The second-order valence-electron chi connectivity index (χ2n) is 6.11. The van der Waals surface area contributed by atoms with E-state index in [9.17, 15) is 8.42 Å². The van der Waals surface area contributed by atoms with Crippen molar-refractivity contribution in [3.63, 3.8) is 0 Å². The number of hydrogen-bond acceptors (Lipinski definition) is 4. The van der Waals surface area contributed by atoms with Gasteiger partial charge in [0.1, 0.15) is 4.90 Å². The van der Waals surface area contributed by atoms with Crippen molar-refractivity contribution in [1.82, 2.24) is 20.2 Å². The minimum absolute atomic E-state index is 0.146. The van der Waals surface area contributed by atoms with Crippen LogP contribution >= 0.6 is 0 Å². The first-order valence-electron chi connectivity index (χ1n) is 6.86. The van der Waals surface area contributed by atoms with Crippen molar-refractivity contribution in [2.24, 2.45) is 5.41 Å². The van der Waals surface area contributed by atoms with Crippen molar-refractivity contribution >= 4 is 10.0 Å². The highest BCUT2D eigenvalue weighted by Crippen LogP contribution is 2.23. The Morgan fingerprint density at radius 1 is 1.35 bits per heavy atom. The molecule has 6 nitrogen and oxygen atoms in total. The maximum atomic E-state index is 12.6. The molecule has 0 saturated heterocycles. The molecule has 1 aromatic heterocycles. The molecule has 116 valence electrons. The number of H-pyrrole nitrogens is 1. The van der Waals surface area contributed by atoms with E-state index >= 15 is 0 Å². The normalized spacial score (nSPS) is 14.5. The molecule has 7 heteroatoms. The Hall–Kier alpha value is -0.920. The van der Waals surface area contributed by atoms with Gasteiger partial charge in [-0.25, -0.2) is 13.1 Å². The second kappa shape index (κ2) is 6.24. The van der Waals surface area contributed by atoms with Crippen LogP contribution in [0.1, 0.15) is 46.0 Å². The lowest BCUT2D eigenvalue weighted by molar-refractivity contribution is 0.317. The summed E-state index contributed by atoms with van der Waals surface area (Å²) in [6.07, 6.45) is 0. The van der Waals surface area contributed by atoms with Crippen LogP contribution in [0.5, 0.6) is 0 Å². The highest BCUT2D eigenvalue weighted by atomic mass is 32.2. The molecule has 0 fully saturated rings. The average Bonchev–Trinajstić information content (AvgIpc) is 2.66. The van der Waals surface area contributed by atoms with Gasteiger partial charge in [0.25, 0.3) is 0 Å². The Morgan fingerprint density at radius 3 is 2.45 bits per heavy atom. The zero-order valence-corrected chi connectivity index (χ0v) is 14.0. The summed E-state index contributed by atoms with van der Waals surface area (Å²) in [5, 5.41) is 9.94. The van der Waals surface area contributed by atoms with Gasteiger partial charge in [-0.15, -0.1) is 0 Å². The zero-order chi connectivity index (χ0) is 15.6. The van der Waals surface area contributed by atoms with Gasteiger partial charge in [-0.3, -0.25) is 5.10 Å². The van der Waals surface area contributed by atoms with E-state index in [0.29, 0.717) is 17.9 Å². The molecule has 0 aromatic carbocycles. The molecular weight excluding hydrogens is 276 g/mol. The number of nitrogens with one attached hydrogen (secondary N) is 3. The minimum atomic E-state index is -3.57. The lowest BCUT2D eigenvalue weighted by atomic mass is 9.89. The zero-order valence-electron chi connectivity index (χ0n) is 13.2. The van der Waals surface area contributed by atoms with E-state index in [-0.39, 0.29) is 16.4 Å². The molecule has 1 rings (SSSR count). The third-order valence-corrected chi connectivity index (χ3v) is 5.15. The first kappa shape index (κ1) is 17.1. The molecule has 1 unspecified atom stereocenters. The van der Waals surface area contributed by atoms with Crippen LogP contribution in [0.2, 0.25) is 0 Å². The smallest absolute Gasteiger partial charge is 0.244 e. The van der Waals surface area contributed by atoms with E-state index in [1.165, 1.54) is 0 Å². The summed E-state index contributed by atoms with van der Waals surface area (Å²) < 4.78 is 27.9. The van der Waals surface area contributed by atoms with E-state index in [2.05, 4.69) is 20.2 Å². The Bertz CT molecular complexity index is 543. The summed E-state index contributed by atoms with van der Waals surface area (Å²) >= 11 is 0. The molecule has 1 atom stereocenters. The number of nitrogens with zero attached hydrogens (tertiary/aromatic N) is 1. The quantitative estimate of drug-likeness (QED) is 0.744. The van der Waals surface area contributed by atoms with Crippen LogP contribution in [-0.2, 0) is 16.6 Å². The average molecular weight is 302 g/mol. The van der Waals surface area contributed by atoms with E-state index < -0.39 is 10.0 Å². The predicted molar refractivity (Wildman–Crippen MR) is 79.9 cm³/mol. The first-order valence-corrected chi connectivity index (χ1v) is 8.34. The van der Waals surface area contributed by atoms with Crippen molar-refractivity contribution in [3.05, 3.63) is 11.4 Å². The first-order chi connectivity index (χ1) is 9.09. The van der Waals surface area contributed by atoms with Crippen molar-refractivity contribution in [2.75, 3.05) is 6.54 Å². The topological polar surface area (TPSA) is 86.9 Å². The highest BCUT2D eigenvalue weighted by molar-refractivity contribution is 7.89. The fraction of sp³-hybridized carbons (Fsp3) is 0.769. The molecule has 0 aliphatic rings. The number of aromatic nitrogens is 2. The predicted octanol–water partition coefficient (Wildman–Crippen LogP) is 1.54. The Kier molecular flexibility index (Phi) is 5.34. The maximum Gasteiger partial charge on any atom is 0.244 e. The number of hydrogen-bond donors (Lipinski definition) is 3. The largest absolute Gasteiger partial charge is 0.311 e. The number of rotatable bonds is 6. The lowest BCUT2D eigenvalue weighted by Gasteiger charge is -2.27. The molecule has 0 saturated carbocycles. The fourth-order valence-corrected chi connectivity index (χ4v) is 3.47. The van der Waals surface area contributed by atoms with Gasteiger partial charge < -0.3 is 5.32 Å². The second-order valence-corrected chi connectivity index (χ2v) is 7.76. The number of aromatic amines is 1. The van der Waals surface area contributed by atoms with Gasteiger partial charge in [-0.1, -0.05) is 27.7 Å². The molecule has 0 bridgehead atoms. The minimum Gasteiger partial charge on any atom is -0.311 e. The summed E-state index contributed by atoms with van der Waals surface area (Å²) in [5.74, 6) is 0. The van der Waals surface area contributed by atoms with Gasteiger partial charge in [-0.05, 0) is 25.8 Å². The Labute approximate surface area is 121 Å². The molecule has 0 spiro atoms. The van der Waals surface area contributed by atoms with Crippen LogP contribution < -0.4 is 10.0 Å². The van der Waals surface area contributed by atoms with E-state index in [0.717, 1.165) is 6.54 Å². The maximum absolute atomic E-state index is 12.6. The van der Waals surface area contributed by atoms with Crippen LogP contribution in [0.25, 0.3) is 0 Å². The summed E-state index contributed by atoms with van der Waals surface area (Å²) in [6, 6.07) is -0.172. The summed E-state index contributed by atoms with van der Waals surface area (Å²) in [6.45, 7) is 12.8. The highest BCUT2D eigenvalue weighted by Gasteiger charge is 2.29. The van der Waals surface area contributed by atoms with Crippen molar-refractivity contribution in [2.45, 2.75) is 59.0 Å². The summed E-state index contributed by atoms with van der Waals surface area (Å²) in [4.78, 5) is 0.259. The van der Waals surface area contributed by atoms with Gasteiger partial charge in [0.15, 0.2) is 0 Å². The van der Waals surface area contributed by atoms with Gasteiger partial charge in [-0.2, -0.15) is 5.10 Å². The molecule has 1 aromatic rings. The molecule has 0 aliphatic heterocycles. The lowest BCUT2D eigenvalue weighted by Crippen LogP contribution is -2.41. The molecule has 1 heterocycles. The molecule has 3 N–H and O–H groups in total. The van der Waals surface area contributed by atoms with E-state index in [4.69, 9.17) is 0 Å². The van der Waals surface area contributed by atoms with E-state index in [1.54, 1.807) is 6.92 Å². The van der Waals surface area contributed by atoms with Gasteiger partial charge in [0.2, 0.25) is 10.0 Å². The third kappa shape index (κ3) is 4.04. The Morgan fingerprint density at radius 2 is 1.95 bits per heavy atom. The summed E-state index contributed by atoms with van der Waals surface area (Å²) in [7, 11) is -3.57. The Balaban J connectivity index is 3.06.